The first-order valence-electron chi connectivity index (χ1n) is 9.59. The monoisotopic (exact) mass is 510 g/mol. The minimum atomic E-state index is -4.58. The fourth-order valence-corrected chi connectivity index (χ4v) is 3.96. The molecule has 0 aliphatic carbocycles. The van der Waals surface area contributed by atoms with Crippen LogP contribution >= 0.6 is 23.4 Å². The Kier molecular flexibility index (Phi) is 7.90. The van der Waals surface area contributed by atoms with E-state index in [2.05, 4.69) is 20.9 Å². The molecule has 0 spiro atoms. The molecule has 0 aliphatic heterocycles. The van der Waals surface area contributed by atoms with E-state index in [-0.39, 0.29) is 33.7 Å². The van der Waals surface area contributed by atoms with Gasteiger partial charge in [-0.05, 0) is 48.5 Å². The van der Waals surface area contributed by atoms with Crippen molar-refractivity contribution >= 4 is 46.7 Å². The number of anilines is 2. The molecular weight excluding hydrogens is 493 g/mol. The van der Waals surface area contributed by atoms with Crippen molar-refractivity contribution in [3.63, 3.8) is 0 Å². The number of urea groups is 1. The van der Waals surface area contributed by atoms with Crippen LogP contribution in [0.4, 0.5) is 29.3 Å². The molecule has 3 N–H and O–H groups in total. The number of halogens is 4. The van der Waals surface area contributed by atoms with Gasteiger partial charge in [-0.3, -0.25) is 9.78 Å². The maximum absolute atomic E-state index is 13.0. The van der Waals surface area contributed by atoms with Crippen molar-refractivity contribution in [1.82, 2.24) is 10.3 Å². The molecule has 1 heterocycles. The fraction of sp³-hybridized carbons (Fsp3) is 0.136. The highest BCUT2D eigenvalue weighted by molar-refractivity contribution is 7.99. The van der Waals surface area contributed by atoms with Crippen LogP contribution in [0.25, 0.3) is 0 Å². The van der Waals surface area contributed by atoms with Crippen LogP contribution in [0.2, 0.25) is 5.02 Å². The predicted octanol–water partition coefficient (Wildman–Crippen LogP) is 5.92. The van der Waals surface area contributed by atoms with Crippen LogP contribution in [0, 0.1) is 0 Å². The smallest absolute Gasteiger partial charge is 0.416 e. The number of amides is 3. The second-order valence-electron chi connectivity index (χ2n) is 6.69. The molecular formula is C22H18ClF3N4O3S. The van der Waals surface area contributed by atoms with E-state index >= 15 is 0 Å². The minimum absolute atomic E-state index is 0.0643. The second kappa shape index (κ2) is 10.7. The highest BCUT2D eigenvalue weighted by Gasteiger charge is 2.31. The average molecular weight is 511 g/mol. The minimum Gasteiger partial charge on any atom is -0.495 e. The number of nitrogens with one attached hydrogen (secondary N) is 3. The van der Waals surface area contributed by atoms with Crippen LogP contribution in [0.1, 0.15) is 16.1 Å². The molecule has 2 aromatic carbocycles. The van der Waals surface area contributed by atoms with E-state index in [1.54, 1.807) is 30.3 Å². The molecule has 0 atom stereocenters. The summed E-state index contributed by atoms with van der Waals surface area (Å²) in [6.45, 7) is 0. The maximum Gasteiger partial charge on any atom is 0.416 e. The molecule has 3 aromatic rings. The van der Waals surface area contributed by atoms with Crippen LogP contribution in [0.5, 0.6) is 5.75 Å². The van der Waals surface area contributed by atoms with Crippen LogP contribution < -0.4 is 20.7 Å². The molecule has 0 unspecified atom stereocenters. The summed E-state index contributed by atoms with van der Waals surface area (Å²) in [6.07, 6.45) is -3.07. The standard InChI is InChI=1S/C22H18ClF3N4O3S/c1-27-20(31)18-11-14(7-8-28-18)34-13-4-5-16(15(23)10-13)29-21(32)30-17-9-12(22(24,25)26)3-6-19(17)33-2/h3-11H,1-2H3,(H,27,31)(H2,29,30,32). The average Bonchev–Trinajstić information content (AvgIpc) is 2.80. The van der Waals surface area contributed by atoms with E-state index in [1.165, 1.54) is 32.1 Å². The lowest BCUT2D eigenvalue weighted by atomic mass is 10.2. The number of carbonyl (C=O) groups is 2. The van der Waals surface area contributed by atoms with E-state index in [9.17, 15) is 22.8 Å². The summed E-state index contributed by atoms with van der Waals surface area (Å²) in [6, 6.07) is 10.2. The maximum atomic E-state index is 13.0. The Hall–Kier alpha value is -3.44. The third-order valence-corrected chi connectivity index (χ3v) is 5.68. The van der Waals surface area contributed by atoms with Gasteiger partial charge < -0.3 is 20.7 Å². The summed E-state index contributed by atoms with van der Waals surface area (Å²) in [7, 11) is 2.79. The van der Waals surface area contributed by atoms with E-state index in [0.29, 0.717) is 0 Å². The van der Waals surface area contributed by atoms with Crippen molar-refractivity contribution in [3.8, 4) is 5.75 Å². The van der Waals surface area contributed by atoms with Gasteiger partial charge in [0.05, 0.1) is 29.1 Å². The molecule has 34 heavy (non-hydrogen) atoms. The SMILES string of the molecule is CNC(=O)c1cc(Sc2ccc(NC(=O)Nc3cc(C(F)(F)F)ccc3OC)c(Cl)c2)ccn1. The highest BCUT2D eigenvalue weighted by atomic mass is 35.5. The van der Waals surface area contributed by atoms with E-state index < -0.39 is 17.8 Å². The molecule has 0 bridgehead atoms. The summed E-state index contributed by atoms with van der Waals surface area (Å²) < 4.78 is 44.0. The highest BCUT2D eigenvalue weighted by Crippen LogP contribution is 2.36. The van der Waals surface area contributed by atoms with Crippen LogP contribution in [0.15, 0.2) is 64.5 Å². The molecule has 0 fully saturated rings. The van der Waals surface area contributed by atoms with Gasteiger partial charge in [-0.2, -0.15) is 13.2 Å². The topological polar surface area (TPSA) is 92.4 Å². The number of alkyl halides is 3. The van der Waals surface area contributed by atoms with E-state index in [1.807, 2.05) is 0 Å². The van der Waals surface area contributed by atoms with Gasteiger partial charge >= 0.3 is 12.2 Å². The molecule has 178 valence electrons. The van der Waals surface area contributed by atoms with Crippen molar-refractivity contribution in [2.45, 2.75) is 16.0 Å². The first-order chi connectivity index (χ1) is 16.1. The second-order valence-corrected chi connectivity index (χ2v) is 8.25. The van der Waals surface area contributed by atoms with Gasteiger partial charge in [-0.15, -0.1) is 0 Å². The lowest BCUT2D eigenvalue weighted by Crippen LogP contribution is -2.20. The van der Waals surface area contributed by atoms with Crippen molar-refractivity contribution in [3.05, 3.63) is 71.0 Å². The molecule has 12 heteroatoms. The zero-order valence-electron chi connectivity index (χ0n) is 17.8. The van der Waals surface area contributed by atoms with Gasteiger partial charge in [0.15, 0.2) is 0 Å². The normalized spacial score (nSPS) is 11.0. The molecule has 0 radical (unpaired) electrons. The van der Waals surface area contributed by atoms with E-state index in [4.69, 9.17) is 16.3 Å². The largest absolute Gasteiger partial charge is 0.495 e. The summed E-state index contributed by atoms with van der Waals surface area (Å²) in [5, 5.41) is 7.55. The number of methoxy groups -OCH3 is 1. The number of benzene rings is 2. The molecule has 7 nitrogen and oxygen atoms in total. The molecule has 0 saturated heterocycles. The Morgan fingerprint density at radius 3 is 2.35 bits per heavy atom. The molecule has 3 rings (SSSR count). The first kappa shape index (κ1) is 25.2. The zero-order valence-corrected chi connectivity index (χ0v) is 19.4. The third-order valence-electron chi connectivity index (χ3n) is 4.39. The van der Waals surface area contributed by atoms with Crippen molar-refractivity contribution in [2.24, 2.45) is 0 Å². The van der Waals surface area contributed by atoms with E-state index in [0.717, 1.165) is 28.0 Å². The zero-order chi connectivity index (χ0) is 24.9. The molecule has 1 aromatic heterocycles. The Balaban J connectivity index is 1.72. The van der Waals surface area contributed by atoms with Crippen molar-refractivity contribution < 1.29 is 27.5 Å². The predicted molar refractivity (Wildman–Crippen MR) is 124 cm³/mol. The summed E-state index contributed by atoms with van der Waals surface area (Å²) >= 11 is 7.61. The Bertz CT molecular complexity index is 1220. The Morgan fingerprint density at radius 2 is 1.71 bits per heavy atom. The Morgan fingerprint density at radius 1 is 1.00 bits per heavy atom. The quantitative estimate of drug-likeness (QED) is 0.383. The number of nitrogens with zero attached hydrogens (tertiary/aromatic N) is 1. The molecule has 0 saturated carbocycles. The molecule has 3 amide bonds. The first-order valence-corrected chi connectivity index (χ1v) is 10.8. The van der Waals surface area contributed by atoms with Gasteiger partial charge in [-0.25, -0.2) is 4.79 Å². The van der Waals surface area contributed by atoms with Crippen LogP contribution in [0.3, 0.4) is 0 Å². The lowest BCUT2D eigenvalue weighted by Gasteiger charge is -2.15. The van der Waals surface area contributed by atoms with Crippen molar-refractivity contribution in [2.75, 3.05) is 24.8 Å². The van der Waals surface area contributed by atoms with Gasteiger partial charge in [0.2, 0.25) is 0 Å². The van der Waals surface area contributed by atoms with Gasteiger partial charge in [0, 0.05) is 23.0 Å². The third kappa shape index (κ3) is 6.33. The molecule has 0 aliphatic rings. The summed E-state index contributed by atoms with van der Waals surface area (Å²) in [4.78, 5) is 29.6. The van der Waals surface area contributed by atoms with Gasteiger partial charge in [0.1, 0.15) is 11.4 Å². The number of carbonyl (C=O) groups excluding carboxylic acids is 2. The van der Waals surface area contributed by atoms with Gasteiger partial charge in [-0.1, -0.05) is 23.4 Å². The number of rotatable bonds is 6. The Labute approximate surface area is 202 Å². The lowest BCUT2D eigenvalue weighted by molar-refractivity contribution is -0.137. The van der Waals surface area contributed by atoms with Crippen LogP contribution in [-0.4, -0.2) is 31.1 Å². The van der Waals surface area contributed by atoms with Crippen LogP contribution in [-0.2, 0) is 6.18 Å². The van der Waals surface area contributed by atoms with Crippen molar-refractivity contribution in [1.29, 1.82) is 0 Å². The number of hydrogen-bond acceptors (Lipinski definition) is 5. The summed E-state index contributed by atoms with van der Waals surface area (Å²) in [5.41, 5.74) is -0.574. The summed E-state index contributed by atoms with van der Waals surface area (Å²) in [5.74, 6) is -0.252. The van der Waals surface area contributed by atoms with Gasteiger partial charge in [0.25, 0.3) is 5.91 Å². The fourth-order valence-electron chi connectivity index (χ4n) is 2.78. The number of aromatic nitrogens is 1. The number of hydrogen-bond donors (Lipinski definition) is 3. The number of ether oxygens (including phenoxy) is 1. The number of pyridine rings is 1.